The summed E-state index contributed by atoms with van der Waals surface area (Å²) < 4.78 is 77.5. The lowest BCUT2D eigenvalue weighted by Crippen LogP contribution is -2.25. The Bertz CT molecular complexity index is 923. The van der Waals surface area contributed by atoms with Crippen LogP contribution in [0.3, 0.4) is 0 Å². The molecule has 9 heteroatoms. The molecule has 0 spiro atoms. The van der Waals surface area contributed by atoms with Crippen molar-refractivity contribution in [2.75, 3.05) is 0 Å². The number of halogens is 6. The van der Waals surface area contributed by atoms with Gasteiger partial charge in [-0.15, -0.1) is 0 Å². The minimum absolute atomic E-state index is 0.0318. The molecule has 3 aromatic rings. The number of hydrogen-bond acceptors (Lipinski definition) is 2. The highest BCUT2D eigenvalue weighted by atomic mass is 19.4. The third kappa shape index (κ3) is 2.41. The Hall–Kier alpha value is -2.58. The molecule has 3 rings (SSSR count). The van der Waals surface area contributed by atoms with Crippen molar-refractivity contribution in [3.63, 3.8) is 0 Å². The number of nitrogens with zero attached hydrogens (tertiary/aromatic N) is 1. The lowest BCUT2D eigenvalue weighted by Gasteiger charge is -2.10. The number of nitrogens with one attached hydrogen (secondary N) is 1. The predicted octanol–water partition coefficient (Wildman–Crippen LogP) is 4.48. The molecule has 3 nitrogen and oxygen atoms in total. The van der Waals surface area contributed by atoms with Crippen LogP contribution in [-0.4, -0.2) is 21.9 Å². The van der Waals surface area contributed by atoms with Crippen molar-refractivity contribution in [1.82, 2.24) is 9.97 Å². The highest BCUT2D eigenvalue weighted by Crippen LogP contribution is 2.40. The highest BCUT2D eigenvalue weighted by Gasteiger charge is 2.47. The third-order valence-corrected chi connectivity index (χ3v) is 3.30. The van der Waals surface area contributed by atoms with Crippen molar-refractivity contribution in [2.24, 2.45) is 0 Å². The Labute approximate surface area is 123 Å². The molecule has 0 bridgehead atoms. The van der Waals surface area contributed by atoms with Crippen LogP contribution >= 0.6 is 0 Å². The zero-order chi connectivity index (χ0) is 17.0. The number of para-hydroxylation sites is 1. The number of alkyl halides is 6. The fourth-order valence-corrected chi connectivity index (χ4v) is 2.41. The van der Waals surface area contributed by atoms with E-state index in [0.29, 0.717) is 0 Å². The lowest BCUT2D eigenvalue weighted by atomic mass is 10.0. The first kappa shape index (κ1) is 15.3. The summed E-state index contributed by atoms with van der Waals surface area (Å²) in [6, 6.07) is 5.71. The number of carbonyl (C=O) groups is 1. The number of hydrogen-bond donors (Lipinski definition) is 1. The van der Waals surface area contributed by atoms with Gasteiger partial charge in [0.05, 0.1) is 22.8 Å². The van der Waals surface area contributed by atoms with Crippen molar-refractivity contribution < 1.29 is 31.1 Å². The van der Waals surface area contributed by atoms with E-state index < -0.39 is 34.8 Å². The molecule has 23 heavy (non-hydrogen) atoms. The maximum Gasteiger partial charge on any atom is 0.454 e. The van der Waals surface area contributed by atoms with E-state index in [0.717, 1.165) is 6.20 Å². The number of rotatable bonds is 1. The molecule has 1 N–H and O–H groups in total. The summed E-state index contributed by atoms with van der Waals surface area (Å²) in [4.78, 5) is 17.3. The number of fused-ring (bicyclic) bond motifs is 3. The predicted molar refractivity (Wildman–Crippen MR) is 69.0 cm³/mol. The van der Waals surface area contributed by atoms with Gasteiger partial charge in [-0.05, 0) is 6.07 Å². The van der Waals surface area contributed by atoms with Crippen LogP contribution in [0.1, 0.15) is 16.1 Å². The van der Waals surface area contributed by atoms with Gasteiger partial charge in [0.25, 0.3) is 5.78 Å². The SMILES string of the molecule is O=C(c1c(C(F)(F)F)[nH]c2cnc3ccccc3c12)C(F)(F)F. The van der Waals surface area contributed by atoms with Crippen molar-refractivity contribution >= 4 is 27.6 Å². The Balaban J connectivity index is 2.50. The lowest BCUT2D eigenvalue weighted by molar-refractivity contribution is -0.141. The molecule has 0 amide bonds. The van der Waals surface area contributed by atoms with Crippen LogP contribution in [0.5, 0.6) is 0 Å². The van der Waals surface area contributed by atoms with Crippen LogP contribution in [0.15, 0.2) is 30.5 Å². The van der Waals surface area contributed by atoms with Gasteiger partial charge in [-0.25, -0.2) is 0 Å². The molecule has 0 aliphatic rings. The van der Waals surface area contributed by atoms with Gasteiger partial charge < -0.3 is 4.98 Å². The fourth-order valence-electron chi connectivity index (χ4n) is 2.41. The van der Waals surface area contributed by atoms with Crippen LogP contribution < -0.4 is 0 Å². The normalized spacial score (nSPS) is 13.0. The fraction of sp³-hybridized carbons (Fsp3) is 0.143. The first-order valence-corrected chi connectivity index (χ1v) is 6.19. The molecule has 0 aliphatic heterocycles. The Kier molecular flexibility index (Phi) is 3.13. The van der Waals surface area contributed by atoms with Crippen molar-refractivity contribution in [1.29, 1.82) is 0 Å². The van der Waals surface area contributed by atoms with E-state index in [-0.39, 0.29) is 16.4 Å². The molecule has 0 saturated carbocycles. The number of pyridine rings is 1. The van der Waals surface area contributed by atoms with Gasteiger partial charge in [-0.2, -0.15) is 26.3 Å². The molecular weight excluding hydrogens is 326 g/mol. The first-order chi connectivity index (χ1) is 10.6. The average Bonchev–Trinajstić information content (AvgIpc) is 2.85. The number of aromatic amines is 1. The molecule has 0 fully saturated rings. The van der Waals surface area contributed by atoms with Gasteiger partial charge in [0, 0.05) is 10.8 Å². The Morgan fingerprint density at radius 3 is 2.30 bits per heavy atom. The summed E-state index contributed by atoms with van der Waals surface area (Å²) >= 11 is 0. The molecule has 0 saturated heterocycles. The molecule has 2 heterocycles. The van der Waals surface area contributed by atoms with E-state index in [1.165, 1.54) is 24.3 Å². The highest BCUT2D eigenvalue weighted by molar-refractivity contribution is 6.19. The van der Waals surface area contributed by atoms with Crippen molar-refractivity contribution in [3.05, 3.63) is 41.7 Å². The number of carbonyl (C=O) groups excluding carboxylic acids is 1. The number of H-pyrrole nitrogens is 1. The monoisotopic (exact) mass is 332 g/mol. The summed E-state index contributed by atoms with van der Waals surface area (Å²) in [6.07, 6.45) is -9.60. The van der Waals surface area contributed by atoms with Gasteiger partial charge >= 0.3 is 12.4 Å². The Morgan fingerprint density at radius 2 is 1.70 bits per heavy atom. The maximum absolute atomic E-state index is 13.1. The number of ketones is 1. The van der Waals surface area contributed by atoms with E-state index in [1.807, 2.05) is 4.98 Å². The molecular formula is C14H6F6N2O. The number of aromatic nitrogens is 2. The second-order valence-electron chi connectivity index (χ2n) is 4.76. The summed E-state index contributed by atoms with van der Waals surface area (Å²) in [5.74, 6) is -2.55. The average molecular weight is 332 g/mol. The molecule has 0 unspecified atom stereocenters. The van der Waals surface area contributed by atoms with Gasteiger partial charge in [0.15, 0.2) is 0 Å². The van der Waals surface area contributed by atoms with Crippen LogP contribution in [-0.2, 0) is 6.18 Å². The van der Waals surface area contributed by atoms with Crippen LogP contribution in [0.25, 0.3) is 21.8 Å². The van der Waals surface area contributed by atoms with Gasteiger partial charge in [0.2, 0.25) is 0 Å². The topological polar surface area (TPSA) is 45.8 Å². The number of benzene rings is 1. The summed E-state index contributed by atoms with van der Waals surface area (Å²) in [7, 11) is 0. The first-order valence-electron chi connectivity index (χ1n) is 6.19. The van der Waals surface area contributed by atoms with Crippen LogP contribution in [0.2, 0.25) is 0 Å². The zero-order valence-electron chi connectivity index (χ0n) is 11.0. The number of Topliss-reactive ketones (excluding diaryl/α,β-unsaturated/α-hetero) is 1. The van der Waals surface area contributed by atoms with E-state index in [1.54, 1.807) is 0 Å². The van der Waals surface area contributed by atoms with Crippen LogP contribution in [0, 0.1) is 0 Å². The smallest absolute Gasteiger partial charge is 0.349 e. The molecule has 0 aliphatic carbocycles. The second-order valence-corrected chi connectivity index (χ2v) is 4.76. The molecule has 0 radical (unpaired) electrons. The third-order valence-electron chi connectivity index (χ3n) is 3.30. The standard InChI is InChI=1S/C14H6F6N2O/c15-13(16,17)11-10(12(23)14(18,19)20)9-6-3-1-2-4-7(6)21-5-8(9)22-11/h1-5,22H. The zero-order valence-corrected chi connectivity index (χ0v) is 11.0. The van der Waals surface area contributed by atoms with Crippen molar-refractivity contribution in [3.8, 4) is 0 Å². The Morgan fingerprint density at radius 1 is 1.04 bits per heavy atom. The summed E-state index contributed by atoms with van der Waals surface area (Å²) in [5, 5.41) is -0.408. The maximum atomic E-state index is 13.1. The van der Waals surface area contributed by atoms with E-state index in [2.05, 4.69) is 4.98 Å². The largest absolute Gasteiger partial charge is 0.454 e. The van der Waals surface area contributed by atoms with Crippen molar-refractivity contribution in [2.45, 2.75) is 12.4 Å². The molecule has 2 aromatic heterocycles. The minimum atomic E-state index is -5.43. The van der Waals surface area contributed by atoms with E-state index in [4.69, 9.17) is 0 Å². The van der Waals surface area contributed by atoms with E-state index in [9.17, 15) is 31.1 Å². The summed E-state index contributed by atoms with van der Waals surface area (Å²) in [6.45, 7) is 0. The molecule has 0 atom stereocenters. The molecule has 1 aromatic carbocycles. The van der Waals surface area contributed by atoms with Gasteiger partial charge in [0.1, 0.15) is 5.69 Å². The minimum Gasteiger partial charge on any atom is -0.349 e. The quantitative estimate of drug-likeness (QED) is 0.527. The van der Waals surface area contributed by atoms with Crippen LogP contribution in [0.4, 0.5) is 26.3 Å². The molecule has 120 valence electrons. The second kappa shape index (κ2) is 4.71. The van der Waals surface area contributed by atoms with Gasteiger partial charge in [-0.1, -0.05) is 18.2 Å². The van der Waals surface area contributed by atoms with E-state index >= 15 is 0 Å². The van der Waals surface area contributed by atoms with Gasteiger partial charge in [-0.3, -0.25) is 9.78 Å². The summed E-state index contributed by atoms with van der Waals surface area (Å²) in [5.41, 5.74) is -3.26.